The van der Waals surface area contributed by atoms with Crippen LogP contribution in [0.5, 0.6) is 0 Å². The summed E-state index contributed by atoms with van der Waals surface area (Å²) >= 11 is 6.00. The van der Waals surface area contributed by atoms with Crippen LogP contribution in [0.2, 0.25) is 0 Å². The van der Waals surface area contributed by atoms with Gasteiger partial charge in [0.05, 0.1) is 0 Å². The number of hydrogen-bond acceptors (Lipinski definition) is 1. The van der Waals surface area contributed by atoms with Gasteiger partial charge in [-0.1, -0.05) is 41.9 Å². The third-order valence-corrected chi connectivity index (χ3v) is 3.94. The first-order valence-electron chi connectivity index (χ1n) is 5.21. The Morgan fingerprint density at radius 2 is 1.93 bits per heavy atom. The van der Waals surface area contributed by atoms with E-state index in [4.69, 9.17) is 11.6 Å². The zero-order chi connectivity index (χ0) is 10.4. The van der Waals surface area contributed by atoms with Crippen LogP contribution in [-0.4, -0.2) is 6.29 Å². The second kappa shape index (κ2) is 3.21. The van der Waals surface area contributed by atoms with Crippen molar-refractivity contribution in [3.05, 3.63) is 46.5 Å². The third kappa shape index (κ3) is 1.26. The lowest BCUT2D eigenvalue weighted by molar-refractivity contribution is -0.105. The highest BCUT2D eigenvalue weighted by Crippen LogP contribution is 2.65. The summed E-state index contributed by atoms with van der Waals surface area (Å²) in [6, 6.07) is 10.4. The minimum absolute atomic E-state index is 0.400. The van der Waals surface area contributed by atoms with Crippen LogP contribution in [0.25, 0.3) is 0 Å². The Labute approximate surface area is 93.7 Å². The number of carbonyl (C=O) groups is 1. The van der Waals surface area contributed by atoms with Gasteiger partial charge in [0.15, 0.2) is 0 Å². The minimum atomic E-state index is 0.400. The Morgan fingerprint density at radius 3 is 2.60 bits per heavy atom. The van der Waals surface area contributed by atoms with Crippen molar-refractivity contribution in [1.82, 2.24) is 0 Å². The number of rotatable bonds is 2. The average Bonchev–Trinajstić information content (AvgIpc) is 2.85. The normalized spacial score (nSPS) is 32.7. The van der Waals surface area contributed by atoms with Crippen molar-refractivity contribution in [2.24, 2.45) is 11.8 Å². The highest BCUT2D eigenvalue weighted by molar-refractivity contribution is 6.31. The van der Waals surface area contributed by atoms with Gasteiger partial charge in [-0.25, -0.2) is 0 Å². The summed E-state index contributed by atoms with van der Waals surface area (Å²) < 4.78 is 0. The van der Waals surface area contributed by atoms with Crippen molar-refractivity contribution < 1.29 is 4.79 Å². The summed E-state index contributed by atoms with van der Waals surface area (Å²) in [7, 11) is 0. The molecule has 0 aliphatic heterocycles. The van der Waals surface area contributed by atoms with Crippen LogP contribution in [-0.2, 0) is 4.79 Å². The van der Waals surface area contributed by atoms with E-state index < -0.39 is 0 Å². The van der Waals surface area contributed by atoms with Crippen molar-refractivity contribution in [3.63, 3.8) is 0 Å². The predicted molar refractivity (Wildman–Crippen MR) is 59.7 cm³/mol. The Morgan fingerprint density at radius 1 is 1.20 bits per heavy atom. The maximum atomic E-state index is 10.9. The highest BCUT2D eigenvalue weighted by atomic mass is 35.5. The minimum Gasteiger partial charge on any atom is -0.298 e. The molecule has 1 aromatic carbocycles. The number of fused-ring (bicyclic) bond motifs is 1. The van der Waals surface area contributed by atoms with Gasteiger partial charge in [0.1, 0.15) is 6.29 Å². The first-order chi connectivity index (χ1) is 7.33. The second-order valence-electron chi connectivity index (χ2n) is 4.31. The van der Waals surface area contributed by atoms with Crippen LogP contribution in [0.3, 0.4) is 0 Å². The molecule has 1 nitrogen and oxygen atoms in total. The molecule has 76 valence electrons. The molecule has 0 aromatic heterocycles. The first kappa shape index (κ1) is 9.17. The van der Waals surface area contributed by atoms with Crippen LogP contribution in [0.15, 0.2) is 40.9 Å². The average molecular weight is 219 g/mol. The Bertz CT molecular complexity index is 435. The molecule has 1 aromatic rings. The van der Waals surface area contributed by atoms with Gasteiger partial charge in [-0.15, -0.1) is 0 Å². The molecule has 0 radical (unpaired) electrons. The van der Waals surface area contributed by atoms with E-state index in [9.17, 15) is 4.79 Å². The number of aldehydes is 1. The Kier molecular flexibility index (Phi) is 1.96. The summed E-state index contributed by atoms with van der Waals surface area (Å²) in [6.45, 7) is 0. The van der Waals surface area contributed by atoms with Gasteiger partial charge in [-0.05, 0) is 29.7 Å². The van der Waals surface area contributed by atoms with E-state index in [-0.39, 0.29) is 0 Å². The molecule has 1 fully saturated rings. The van der Waals surface area contributed by atoms with E-state index in [1.54, 1.807) is 0 Å². The van der Waals surface area contributed by atoms with E-state index >= 15 is 0 Å². The predicted octanol–water partition coefficient (Wildman–Crippen LogP) is 3.11. The molecule has 2 heteroatoms. The Hall–Kier alpha value is -1.08. The molecule has 2 aliphatic carbocycles. The highest BCUT2D eigenvalue weighted by Gasteiger charge is 2.56. The van der Waals surface area contributed by atoms with Crippen molar-refractivity contribution in [2.45, 2.75) is 12.3 Å². The fraction of sp³-hybridized carbons (Fsp3) is 0.308. The fourth-order valence-corrected chi connectivity index (χ4v) is 3.18. The molecular weight excluding hydrogens is 208 g/mol. The van der Waals surface area contributed by atoms with Gasteiger partial charge >= 0.3 is 0 Å². The molecular formula is C13H11ClO. The standard InChI is InChI=1S/C13H11ClO/c14-11-6-9-12(13(9)10(11)7-15)8-4-2-1-3-5-8/h1-5,7,9,12-13H,6H2/t9-,12-,13+/m1/s1. The van der Waals surface area contributed by atoms with Crippen molar-refractivity contribution in [1.29, 1.82) is 0 Å². The quantitative estimate of drug-likeness (QED) is 0.698. The number of hydrogen-bond donors (Lipinski definition) is 0. The van der Waals surface area contributed by atoms with Crippen LogP contribution >= 0.6 is 11.6 Å². The van der Waals surface area contributed by atoms with Gasteiger partial charge in [-0.2, -0.15) is 0 Å². The molecule has 2 aliphatic rings. The maximum absolute atomic E-state index is 10.9. The lowest BCUT2D eigenvalue weighted by Crippen LogP contribution is -1.92. The molecule has 0 saturated heterocycles. The van der Waals surface area contributed by atoms with Crippen molar-refractivity contribution in [3.8, 4) is 0 Å². The molecule has 0 unspecified atom stereocenters. The lowest BCUT2D eigenvalue weighted by atomic mass is 10.0. The van der Waals surface area contributed by atoms with E-state index in [1.165, 1.54) is 5.56 Å². The second-order valence-corrected chi connectivity index (χ2v) is 4.76. The maximum Gasteiger partial charge on any atom is 0.147 e. The molecule has 3 rings (SSSR count). The zero-order valence-electron chi connectivity index (χ0n) is 8.19. The number of carbonyl (C=O) groups excluding carboxylic acids is 1. The van der Waals surface area contributed by atoms with E-state index in [2.05, 4.69) is 24.3 Å². The van der Waals surface area contributed by atoms with E-state index in [0.29, 0.717) is 17.8 Å². The summed E-state index contributed by atoms with van der Waals surface area (Å²) in [6.07, 6.45) is 1.83. The lowest BCUT2D eigenvalue weighted by Gasteiger charge is -2.04. The van der Waals surface area contributed by atoms with Crippen molar-refractivity contribution >= 4 is 17.9 Å². The largest absolute Gasteiger partial charge is 0.298 e. The molecule has 0 N–H and O–H groups in total. The number of benzene rings is 1. The summed E-state index contributed by atoms with van der Waals surface area (Å²) in [5.41, 5.74) is 2.19. The van der Waals surface area contributed by atoms with Crippen LogP contribution in [0.1, 0.15) is 17.9 Å². The van der Waals surface area contributed by atoms with E-state index in [1.807, 2.05) is 6.07 Å². The molecule has 0 spiro atoms. The van der Waals surface area contributed by atoms with Crippen LogP contribution in [0, 0.1) is 11.8 Å². The fourth-order valence-electron chi connectivity index (χ4n) is 2.83. The van der Waals surface area contributed by atoms with Gasteiger partial charge in [0.25, 0.3) is 0 Å². The first-order valence-corrected chi connectivity index (χ1v) is 5.59. The van der Waals surface area contributed by atoms with Crippen molar-refractivity contribution in [2.75, 3.05) is 0 Å². The summed E-state index contributed by atoms with van der Waals surface area (Å²) in [4.78, 5) is 10.9. The smallest absolute Gasteiger partial charge is 0.147 e. The summed E-state index contributed by atoms with van der Waals surface area (Å²) in [5.74, 6) is 1.52. The molecule has 3 atom stereocenters. The third-order valence-electron chi connectivity index (χ3n) is 3.57. The molecule has 15 heavy (non-hydrogen) atoms. The zero-order valence-corrected chi connectivity index (χ0v) is 8.95. The van der Waals surface area contributed by atoms with E-state index in [0.717, 1.165) is 23.3 Å². The summed E-state index contributed by atoms with van der Waals surface area (Å²) in [5, 5.41) is 0.784. The van der Waals surface area contributed by atoms with Gasteiger partial charge < -0.3 is 0 Å². The molecule has 0 amide bonds. The van der Waals surface area contributed by atoms with Gasteiger partial charge in [-0.3, -0.25) is 4.79 Å². The van der Waals surface area contributed by atoms with Gasteiger partial charge in [0, 0.05) is 10.6 Å². The van der Waals surface area contributed by atoms with Gasteiger partial charge in [0.2, 0.25) is 0 Å². The molecule has 0 heterocycles. The molecule has 1 saturated carbocycles. The topological polar surface area (TPSA) is 17.1 Å². The Balaban J connectivity index is 1.89. The number of halogens is 1. The van der Waals surface area contributed by atoms with Crippen LogP contribution in [0.4, 0.5) is 0 Å². The SMILES string of the molecule is O=CC1=C(Cl)C[C@H]2[C@@H]1[C@@H]2c1ccccc1. The monoisotopic (exact) mass is 218 g/mol. The number of allylic oxidation sites excluding steroid dienone is 2. The van der Waals surface area contributed by atoms with Crippen LogP contribution < -0.4 is 0 Å². The molecule has 0 bridgehead atoms.